The van der Waals surface area contributed by atoms with Crippen LogP contribution in [0, 0.1) is 10.1 Å². The number of nitro benzene ring substituents is 1. The van der Waals surface area contributed by atoms with Crippen molar-refractivity contribution in [3.63, 3.8) is 0 Å². The average Bonchev–Trinajstić information content (AvgIpc) is 2.66. The van der Waals surface area contributed by atoms with Crippen molar-refractivity contribution in [2.45, 2.75) is 13.5 Å². The molecule has 0 heterocycles. The molecule has 0 aliphatic heterocycles. The standard InChI is InChI=1S/C19H19ClN2O5/c1-3-27-19-15(20)10-13(11-17(19)26-2)12-21-18(23)9-8-14-6-4-5-7-16(14)22(24)25/h4-11H,3,12H2,1-2H3,(H,21,23)/b9-8+. The van der Waals surface area contributed by atoms with E-state index in [1.807, 2.05) is 6.92 Å². The number of hydrogen-bond donors (Lipinski definition) is 1. The molecule has 1 amide bonds. The minimum atomic E-state index is -0.494. The molecule has 0 fully saturated rings. The predicted octanol–water partition coefficient (Wildman–Crippen LogP) is 3.99. The summed E-state index contributed by atoms with van der Waals surface area (Å²) in [7, 11) is 1.51. The van der Waals surface area contributed by atoms with E-state index in [-0.39, 0.29) is 12.2 Å². The average molecular weight is 391 g/mol. The summed E-state index contributed by atoms with van der Waals surface area (Å²) in [5, 5.41) is 14.1. The monoisotopic (exact) mass is 390 g/mol. The van der Waals surface area contributed by atoms with Crippen LogP contribution in [0.3, 0.4) is 0 Å². The van der Waals surface area contributed by atoms with Gasteiger partial charge in [-0.1, -0.05) is 23.7 Å². The molecule has 7 nitrogen and oxygen atoms in total. The number of nitro groups is 1. The molecular weight excluding hydrogens is 372 g/mol. The van der Waals surface area contributed by atoms with Crippen molar-refractivity contribution in [1.29, 1.82) is 0 Å². The second-order valence-corrected chi connectivity index (χ2v) is 5.82. The normalized spacial score (nSPS) is 10.6. The lowest BCUT2D eigenvalue weighted by atomic mass is 10.1. The Morgan fingerprint density at radius 2 is 2.07 bits per heavy atom. The molecule has 1 N–H and O–H groups in total. The van der Waals surface area contributed by atoms with Crippen molar-refractivity contribution in [2.75, 3.05) is 13.7 Å². The molecule has 2 aromatic rings. The summed E-state index contributed by atoms with van der Waals surface area (Å²) in [5.74, 6) is 0.536. The first-order valence-electron chi connectivity index (χ1n) is 8.14. The zero-order valence-corrected chi connectivity index (χ0v) is 15.7. The van der Waals surface area contributed by atoms with E-state index in [0.29, 0.717) is 28.7 Å². The van der Waals surface area contributed by atoms with Crippen LogP contribution in [0.2, 0.25) is 5.02 Å². The van der Waals surface area contributed by atoms with Crippen molar-refractivity contribution < 1.29 is 19.2 Å². The highest BCUT2D eigenvalue weighted by atomic mass is 35.5. The molecule has 0 bridgehead atoms. The molecule has 0 saturated heterocycles. The van der Waals surface area contributed by atoms with Crippen LogP contribution in [0.5, 0.6) is 11.5 Å². The predicted molar refractivity (Wildman–Crippen MR) is 103 cm³/mol. The summed E-state index contributed by atoms with van der Waals surface area (Å²) in [6.45, 7) is 2.50. The molecule has 0 aliphatic carbocycles. The van der Waals surface area contributed by atoms with E-state index in [1.165, 1.54) is 25.3 Å². The Morgan fingerprint density at radius 1 is 1.33 bits per heavy atom. The SMILES string of the molecule is CCOc1c(Cl)cc(CNC(=O)/C=C/c2ccccc2[N+](=O)[O-])cc1OC. The molecule has 2 aromatic carbocycles. The summed E-state index contributed by atoms with van der Waals surface area (Å²) < 4.78 is 10.7. The minimum absolute atomic E-state index is 0.0652. The van der Waals surface area contributed by atoms with Gasteiger partial charge in [-0.2, -0.15) is 0 Å². The Kier molecular flexibility index (Phi) is 7.19. The maximum absolute atomic E-state index is 12.0. The van der Waals surface area contributed by atoms with Crippen LogP contribution in [0.1, 0.15) is 18.1 Å². The summed E-state index contributed by atoms with van der Waals surface area (Å²) >= 11 is 6.20. The first-order valence-corrected chi connectivity index (χ1v) is 8.52. The van der Waals surface area contributed by atoms with Crippen molar-refractivity contribution in [2.24, 2.45) is 0 Å². The molecule has 0 unspecified atom stereocenters. The number of nitrogens with one attached hydrogen (secondary N) is 1. The number of halogens is 1. The summed E-state index contributed by atoms with van der Waals surface area (Å²) in [5.41, 5.74) is 1.01. The van der Waals surface area contributed by atoms with Gasteiger partial charge in [0.1, 0.15) is 0 Å². The Balaban J connectivity index is 2.06. The molecule has 142 valence electrons. The molecular formula is C19H19ClN2O5. The maximum Gasteiger partial charge on any atom is 0.276 e. The number of benzene rings is 2. The Bertz CT molecular complexity index is 867. The van der Waals surface area contributed by atoms with Crippen LogP contribution in [-0.2, 0) is 11.3 Å². The number of amides is 1. The van der Waals surface area contributed by atoms with Gasteiger partial charge >= 0.3 is 0 Å². The van der Waals surface area contributed by atoms with Crippen LogP contribution in [-0.4, -0.2) is 24.5 Å². The third kappa shape index (κ3) is 5.46. The Labute approximate surface area is 161 Å². The van der Waals surface area contributed by atoms with E-state index in [1.54, 1.807) is 30.3 Å². The first-order chi connectivity index (χ1) is 13.0. The molecule has 0 atom stereocenters. The third-order valence-electron chi connectivity index (χ3n) is 3.59. The Hall–Kier alpha value is -3.06. The molecule has 8 heteroatoms. The number of carbonyl (C=O) groups excluding carboxylic acids is 1. The van der Waals surface area contributed by atoms with E-state index < -0.39 is 10.8 Å². The van der Waals surface area contributed by atoms with Crippen molar-refractivity contribution in [1.82, 2.24) is 5.32 Å². The minimum Gasteiger partial charge on any atom is -0.493 e. The van der Waals surface area contributed by atoms with Gasteiger partial charge < -0.3 is 14.8 Å². The van der Waals surface area contributed by atoms with Gasteiger partial charge in [0.2, 0.25) is 5.91 Å². The quantitative estimate of drug-likeness (QED) is 0.418. The molecule has 27 heavy (non-hydrogen) atoms. The number of nitrogens with zero attached hydrogens (tertiary/aromatic N) is 1. The van der Waals surface area contributed by atoms with Gasteiger partial charge in [0.15, 0.2) is 11.5 Å². The van der Waals surface area contributed by atoms with E-state index in [9.17, 15) is 14.9 Å². The fourth-order valence-electron chi connectivity index (χ4n) is 2.37. The second-order valence-electron chi connectivity index (χ2n) is 5.41. The number of para-hydroxylation sites is 1. The topological polar surface area (TPSA) is 90.7 Å². The number of rotatable bonds is 8. The molecule has 0 saturated carbocycles. The lowest BCUT2D eigenvalue weighted by Crippen LogP contribution is -2.20. The number of methoxy groups -OCH3 is 1. The fourth-order valence-corrected chi connectivity index (χ4v) is 2.66. The van der Waals surface area contributed by atoms with Crippen LogP contribution in [0.4, 0.5) is 5.69 Å². The van der Waals surface area contributed by atoms with E-state index in [2.05, 4.69) is 5.32 Å². The second kappa shape index (κ2) is 9.59. The van der Waals surface area contributed by atoms with E-state index in [4.69, 9.17) is 21.1 Å². The largest absolute Gasteiger partial charge is 0.493 e. The van der Waals surface area contributed by atoms with E-state index >= 15 is 0 Å². The highest BCUT2D eigenvalue weighted by molar-refractivity contribution is 6.32. The summed E-state index contributed by atoms with van der Waals surface area (Å²) in [6, 6.07) is 9.59. The highest BCUT2D eigenvalue weighted by Crippen LogP contribution is 2.36. The van der Waals surface area contributed by atoms with Crippen LogP contribution >= 0.6 is 11.6 Å². The van der Waals surface area contributed by atoms with Crippen LogP contribution < -0.4 is 14.8 Å². The molecule has 0 aromatic heterocycles. The van der Waals surface area contributed by atoms with Gasteiger partial charge in [0.25, 0.3) is 5.69 Å². The van der Waals surface area contributed by atoms with Crippen molar-refractivity contribution in [3.05, 3.63) is 68.7 Å². The highest BCUT2D eigenvalue weighted by Gasteiger charge is 2.12. The maximum atomic E-state index is 12.0. The fraction of sp³-hybridized carbons (Fsp3) is 0.211. The van der Waals surface area contributed by atoms with Gasteiger partial charge in [0.05, 0.1) is 29.2 Å². The first kappa shape index (κ1) is 20.3. The number of ether oxygens (including phenoxy) is 2. The number of hydrogen-bond acceptors (Lipinski definition) is 5. The molecule has 2 rings (SSSR count). The number of carbonyl (C=O) groups is 1. The summed E-state index contributed by atoms with van der Waals surface area (Å²) in [6.07, 6.45) is 2.65. The van der Waals surface area contributed by atoms with Gasteiger partial charge in [-0.05, 0) is 36.8 Å². The van der Waals surface area contributed by atoms with Gasteiger partial charge in [0, 0.05) is 18.7 Å². The van der Waals surface area contributed by atoms with E-state index in [0.717, 1.165) is 5.56 Å². The zero-order chi connectivity index (χ0) is 19.8. The van der Waals surface area contributed by atoms with Crippen LogP contribution in [0.15, 0.2) is 42.5 Å². The van der Waals surface area contributed by atoms with Gasteiger partial charge in [-0.25, -0.2) is 0 Å². The summed E-state index contributed by atoms with van der Waals surface area (Å²) in [4.78, 5) is 22.5. The molecule has 0 aliphatic rings. The smallest absolute Gasteiger partial charge is 0.276 e. The van der Waals surface area contributed by atoms with Crippen molar-refractivity contribution >= 4 is 29.3 Å². The lowest BCUT2D eigenvalue weighted by Gasteiger charge is -2.13. The Morgan fingerprint density at radius 3 is 2.74 bits per heavy atom. The van der Waals surface area contributed by atoms with Gasteiger partial charge in [-0.3, -0.25) is 14.9 Å². The zero-order valence-electron chi connectivity index (χ0n) is 14.9. The van der Waals surface area contributed by atoms with Crippen LogP contribution in [0.25, 0.3) is 6.08 Å². The lowest BCUT2D eigenvalue weighted by molar-refractivity contribution is -0.385. The third-order valence-corrected chi connectivity index (χ3v) is 3.87. The van der Waals surface area contributed by atoms with Gasteiger partial charge in [-0.15, -0.1) is 0 Å². The molecule has 0 radical (unpaired) electrons. The molecule has 0 spiro atoms. The van der Waals surface area contributed by atoms with Crippen molar-refractivity contribution in [3.8, 4) is 11.5 Å².